The van der Waals surface area contributed by atoms with Gasteiger partial charge in [-0.3, -0.25) is 4.79 Å². The van der Waals surface area contributed by atoms with E-state index in [2.05, 4.69) is 13.8 Å². The summed E-state index contributed by atoms with van der Waals surface area (Å²) in [4.78, 5) is 24.2. The van der Waals surface area contributed by atoms with Crippen LogP contribution in [0.5, 0.6) is 17.2 Å². The number of unbranched alkanes of at least 4 members (excludes halogenated alkanes) is 7. The smallest absolute Gasteiger partial charge is 0.343 e. The molecule has 0 saturated carbocycles. The van der Waals surface area contributed by atoms with E-state index in [1.165, 1.54) is 25.7 Å². The van der Waals surface area contributed by atoms with E-state index in [4.69, 9.17) is 14.2 Å². The van der Waals surface area contributed by atoms with Gasteiger partial charge in [0.1, 0.15) is 17.2 Å². The molecule has 0 N–H and O–H groups in total. The van der Waals surface area contributed by atoms with E-state index >= 15 is 0 Å². The summed E-state index contributed by atoms with van der Waals surface area (Å²) in [7, 11) is 0. The first kappa shape index (κ1) is 25.4. The Hall–Kier alpha value is -2.82. The first-order valence-corrected chi connectivity index (χ1v) is 11.9. The normalized spacial score (nSPS) is 10.6. The molecule has 2 aromatic carbocycles. The van der Waals surface area contributed by atoms with Crippen molar-refractivity contribution in [1.82, 2.24) is 0 Å². The van der Waals surface area contributed by atoms with Crippen LogP contribution in [-0.2, 0) is 4.79 Å². The van der Waals surface area contributed by atoms with Crippen molar-refractivity contribution in [2.45, 2.75) is 78.1 Å². The van der Waals surface area contributed by atoms with Crippen LogP contribution in [0.4, 0.5) is 0 Å². The lowest BCUT2D eigenvalue weighted by molar-refractivity contribution is -0.134. The highest BCUT2D eigenvalue weighted by Crippen LogP contribution is 2.20. The van der Waals surface area contributed by atoms with Crippen LogP contribution in [0.15, 0.2) is 48.5 Å². The van der Waals surface area contributed by atoms with Crippen LogP contribution in [0, 0.1) is 0 Å². The molecule has 5 heteroatoms. The maximum Gasteiger partial charge on any atom is 0.343 e. The zero-order valence-corrected chi connectivity index (χ0v) is 19.4. The lowest BCUT2D eigenvalue weighted by Crippen LogP contribution is -2.10. The molecule has 0 radical (unpaired) electrons. The van der Waals surface area contributed by atoms with Gasteiger partial charge in [0, 0.05) is 6.42 Å². The number of hydrogen-bond donors (Lipinski definition) is 0. The first-order valence-electron chi connectivity index (χ1n) is 11.9. The Labute approximate surface area is 192 Å². The highest BCUT2D eigenvalue weighted by atomic mass is 16.5. The summed E-state index contributed by atoms with van der Waals surface area (Å²) in [6.45, 7) is 5.03. The summed E-state index contributed by atoms with van der Waals surface area (Å²) in [6, 6.07) is 13.5. The van der Waals surface area contributed by atoms with Gasteiger partial charge >= 0.3 is 11.9 Å². The maximum atomic E-state index is 12.4. The van der Waals surface area contributed by atoms with E-state index < -0.39 is 5.97 Å². The van der Waals surface area contributed by atoms with Gasteiger partial charge in [0.25, 0.3) is 0 Å². The van der Waals surface area contributed by atoms with Crippen molar-refractivity contribution >= 4 is 11.9 Å². The average Bonchev–Trinajstić information content (AvgIpc) is 2.80. The predicted molar refractivity (Wildman–Crippen MR) is 126 cm³/mol. The summed E-state index contributed by atoms with van der Waals surface area (Å²) in [5, 5.41) is 0. The Morgan fingerprint density at radius 1 is 0.625 bits per heavy atom. The van der Waals surface area contributed by atoms with E-state index in [0.717, 1.165) is 37.9 Å². The standard InChI is InChI=1S/C27H36O5/c1-3-5-7-9-11-21-30-23-17-19-25(20-18-23)32-27(29)22-13-15-24(16-14-22)31-26(28)12-10-8-6-4-2/h13-20H,3-12,21H2,1-2H3. The van der Waals surface area contributed by atoms with Crippen LogP contribution >= 0.6 is 0 Å². The lowest BCUT2D eigenvalue weighted by atomic mass is 10.1. The van der Waals surface area contributed by atoms with Crippen LogP contribution in [0.1, 0.15) is 88.4 Å². The predicted octanol–water partition coefficient (Wildman–Crippen LogP) is 7.13. The van der Waals surface area contributed by atoms with Crippen molar-refractivity contribution in [3.05, 3.63) is 54.1 Å². The fraction of sp³-hybridized carbons (Fsp3) is 0.481. The van der Waals surface area contributed by atoms with E-state index in [1.807, 2.05) is 0 Å². The largest absolute Gasteiger partial charge is 0.494 e. The van der Waals surface area contributed by atoms with E-state index in [9.17, 15) is 9.59 Å². The Morgan fingerprint density at radius 2 is 1.16 bits per heavy atom. The van der Waals surface area contributed by atoms with Crippen LogP contribution in [-0.4, -0.2) is 18.5 Å². The van der Waals surface area contributed by atoms with Gasteiger partial charge in [-0.2, -0.15) is 0 Å². The Bertz CT molecular complexity index is 796. The highest BCUT2D eigenvalue weighted by Gasteiger charge is 2.10. The van der Waals surface area contributed by atoms with Gasteiger partial charge in [0.15, 0.2) is 0 Å². The second kappa shape index (κ2) is 15.1. The molecule has 0 aliphatic rings. The highest BCUT2D eigenvalue weighted by molar-refractivity contribution is 5.91. The molecule has 0 aromatic heterocycles. The Balaban J connectivity index is 1.74. The molecular formula is C27H36O5. The third kappa shape index (κ3) is 9.99. The van der Waals surface area contributed by atoms with Gasteiger partial charge in [-0.25, -0.2) is 4.79 Å². The van der Waals surface area contributed by atoms with E-state index in [-0.39, 0.29) is 5.97 Å². The summed E-state index contributed by atoms with van der Waals surface area (Å²) in [5.41, 5.74) is 0.389. The number of hydrogen-bond acceptors (Lipinski definition) is 5. The van der Waals surface area contributed by atoms with Crippen molar-refractivity contribution < 1.29 is 23.8 Å². The number of rotatable bonds is 15. The molecule has 0 aliphatic heterocycles. The fourth-order valence-corrected chi connectivity index (χ4v) is 3.20. The van der Waals surface area contributed by atoms with Crippen molar-refractivity contribution in [3.63, 3.8) is 0 Å². The second-order valence-electron chi connectivity index (χ2n) is 7.93. The maximum absolute atomic E-state index is 12.4. The zero-order chi connectivity index (χ0) is 23.0. The molecule has 0 aliphatic carbocycles. The number of carbonyl (C=O) groups excluding carboxylic acids is 2. The molecule has 2 rings (SSSR count). The zero-order valence-electron chi connectivity index (χ0n) is 19.4. The van der Waals surface area contributed by atoms with Crippen LogP contribution in [0.3, 0.4) is 0 Å². The van der Waals surface area contributed by atoms with Gasteiger partial charge < -0.3 is 14.2 Å². The molecule has 0 bridgehead atoms. The minimum Gasteiger partial charge on any atom is -0.494 e. The van der Waals surface area contributed by atoms with Crippen molar-refractivity contribution in [2.24, 2.45) is 0 Å². The molecule has 174 valence electrons. The van der Waals surface area contributed by atoms with Crippen molar-refractivity contribution in [1.29, 1.82) is 0 Å². The average molecular weight is 441 g/mol. The molecule has 32 heavy (non-hydrogen) atoms. The molecule has 0 saturated heterocycles. The quantitative estimate of drug-likeness (QED) is 0.167. The van der Waals surface area contributed by atoms with Gasteiger partial charge in [-0.15, -0.1) is 0 Å². The minimum atomic E-state index is -0.466. The molecule has 0 unspecified atom stereocenters. The molecule has 0 heterocycles. The van der Waals surface area contributed by atoms with Crippen LogP contribution in [0.2, 0.25) is 0 Å². The number of carbonyl (C=O) groups is 2. The Morgan fingerprint density at radius 3 is 1.81 bits per heavy atom. The molecule has 0 fully saturated rings. The number of ether oxygens (including phenoxy) is 3. The monoisotopic (exact) mass is 440 g/mol. The molecular weight excluding hydrogens is 404 g/mol. The van der Waals surface area contributed by atoms with Crippen molar-refractivity contribution in [3.8, 4) is 17.2 Å². The van der Waals surface area contributed by atoms with Crippen LogP contribution in [0.25, 0.3) is 0 Å². The first-order chi connectivity index (χ1) is 15.6. The minimum absolute atomic E-state index is 0.250. The van der Waals surface area contributed by atoms with Gasteiger partial charge in [0.05, 0.1) is 12.2 Å². The summed E-state index contributed by atoms with van der Waals surface area (Å²) < 4.78 is 16.5. The van der Waals surface area contributed by atoms with Crippen LogP contribution < -0.4 is 14.2 Å². The van der Waals surface area contributed by atoms with Gasteiger partial charge in [0.2, 0.25) is 0 Å². The van der Waals surface area contributed by atoms with Gasteiger partial charge in [-0.05, 0) is 61.4 Å². The van der Waals surface area contributed by atoms with E-state index in [1.54, 1.807) is 48.5 Å². The molecule has 2 aromatic rings. The van der Waals surface area contributed by atoms with Gasteiger partial charge in [-0.1, -0.05) is 58.8 Å². The molecule has 0 spiro atoms. The third-order valence-electron chi connectivity index (χ3n) is 5.11. The number of esters is 2. The SMILES string of the molecule is CCCCCCCOc1ccc(OC(=O)c2ccc(OC(=O)CCCCCC)cc2)cc1. The summed E-state index contributed by atoms with van der Waals surface area (Å²) in [5.74, 6) is 0.930. The molecule has 0 atom stereocenters. The third-order valence-corrected chi connectivity index (χ3v) is 5.11. The summed E-state index contributed by atoms with van der Waals surface area (Å²) in [6.07, 6.45) is 10.5. The number of benzene rings is 2. The molecule has 5 nitrogen and oxygen atoms in total. The second-order valence-corrected chi connectivity index (χ2v) is 7.93. The lowest BCUT2D eigenvalue weighted by Gasteiger charge is -2.08. The summed E-state index contributed by atoms with van der Waals surface area (Å²) >= 11 is 0. The van der Waals surface area contributed by atoms with Crippen molar-refractivity contribution in [2.75, 3.05) is 6.61 Å². The Kier molecular flexibility index (Phi) is 12.0. The molecule has 0 amide bonds. The van der Waals surface area contributed by atoms with E-state index in [0.29, 0.717) is 30.1 Å². The topological polar surface area (TPSA) is 61.8 Å². The fourth-order valence-electron chi connectivity index (χ4n) is 3.20.